The number of methoxy groups -OCH3 is 4. The first-order chi connectivity index (χ1) is 14.6. The molecule has 0 aliphatic heterocycles. The molecular weight excluding hydrogens is 384 g/mol. The predicted octanol–water partition coefficient (Wildman–Crippen LogP) is 4.47. The number of anilines is 2. The Morgan fingerprint density at radius 1 is 0.967 bits per heavy atom. The number of benzene rings is 2. The van der Waals surface area contributed by atoms with Gasteiger partial charge in [0.15, 0.2) is 0 Å². The van der Waals surface area contributed by atoms with Crippen molar-refractivity contribution in [3.05, 3.63) is 41.5 Å². The largest absolute Gasteiger partial charge is 0.497 e. The minimum absolute atomic E-state index is 0.365. The zero-order valence-corrected chi connectivity index (χ0v) is 18.0. The Morgan fingerprint density at radius 2 is 1.70 bits per heavy atom. The Kier molecular flexibility index (Phi) is 7.27. The summed E-state index contributed by atoms with van der Waals surface area (Å²) in [5, 5.41) is 6.92. The number of carbonyl (C=O) groups excluding carboxylic acids is 1. The fraction of sp³-hybridized carbons (Fsp3) is 0.435. The van der Waals surface area contributed by atoms with Gasteiger partial charge in [0.25, 0.3) is 0 Å². The fourth-order valence-electron chi connectivity index (χ4n) is 3.81. The zero-order chi connectivity index (χ0) is 21.5. The summed E-state index contributed by atoms with van der Waals surface area (Å²) >= 11 is 0. The molecule has 3 rings (SSSR count). The lowest BCUT2D eigenvalue weighted by Gasteiger charge is -2.20. The van der Waals surface area contributed by atoms with Crippen molar-refractivity contribution in [2.24, 2.45) is 0 Å². The lowest BCUT2D eigenvalue weighted by atomic mass is 10.1. The Bertz CT molecular complexity index is 878. The first-order valence-electron chi connectivity index (χ1n) is 10.1. The molecule has 0 aromatic heterocycles. The molecule has 0 bridgehead atoms. The number of esters is 1. The van der Waals surface area contributed by atoms with Crippen LogP contribution in [-0.4, -0.2) is 40.5 Å². The van der Waals surface area contributed by atoms with Crippen LogP contribution in [0.1, 0.15) is 41.6 Å². The number of carbonyl (C=O) groups is 1. The molecule has 0 radical (unpaired) electrons. The minimum Gasteiger partial charge on any atom is -0.497 e. The number of hydrogen-bond acceptors (Lipinski definition) is 7. The van der Waals surface area contributed by atoms with Crippen molar-refractivity contribution in [1.82, 2.24) is 0 Å². The second kappa shape index (κ2) is 10.1. The van der Waals surface area contributed by atoms with Crippen LogP contribution in [0.5, 0.6) is 17.2 Å². The van der Waals surface area contributed by atoms with Gasteiger partial charge >= 0.3 is 5.97 Å². The van der Waals surface area contributed by atoms with Crippen LogP contribution in [0, 0.1) is 0 Å². The minimum atomic E-state index is -0.455. The van der Waals surface area contributed by atoms with Crippen molar-refractivity contribution < 1.29 is 23.7 Å². The quantitative estimate of drug-likeness (QED) is 0.586. The smallest absolute Gasteiger partial charge is 0.343 e. The van der Waals surface area contributed by atoms with Crippen molar-refractivity contribution in [3.63, 3.8) is 0 Å². The van der Waals surface area contributed by atoms with E-state index in [1.807, 2.05) is 30.3 Å². The Morgan fingerprint density at radius 3 is 2.33 bits per heavy atom. The van der Waals surface area contributed by atoms with Gasteiger partial charge in [-0.1, -0.05) is 12.8 Å². The van der Waals surface area contributed by atoms with Crippen LogP contribution in [0.2, 0.25) is 0 Å². The van der Waals surface area contributed by atoms with Crippen LogP contribution in [0.15, 0.2) is 30.3 Å². The van der Waals surface area contributed by atoms with Crippen LogP contribution < -0.4 is 24.8 Å². The summed E-state index contributed by atoms with van der Waals surface area (Å²) in [6.07, 6.45) is 4.76. The van der Waals surface area contributed by atoms with E-state index in [-0.39, 0.29) is 0 Å². The topological polar surface area (TPSA) is 78.1 Å². The maximum absolute atomic E-state index is 12.5. The summed E-state index contributed by atoms with van der Waals surface area (Å²) in [5.41, 5.74) is 2.85. The zero-order valence-electron chi connectivity index (χ0n) is 18.0. The summed E-state index contributed by atoms with van der Waals surface area (Å²) < 4.78 is 21.3. The highest BCUT2D eigenvalue weighted by Crippen LogP contribution is 2.34. The van der Waals surface area contributed by atoms with Gasteiger partial charge < -0.3 is 29.6 Å². The van der Waals surface area contributed by atoms with Crippen molar-refractivity contribution in [2.45, 2.75) is 38.3 Å². The van der Waals surface area contributed by atoms with Crippen molar-refractivity contribution in [3.8, 4) is 17.2 Å². The second-order valence-electron chi connectivity index (χ2n) is 7.25. The molecule has 2 aromatic carbocycles. The summed E-state index contributed by atoms with van der Waals surface area (Å²) in [5.74, 6) is 1.43. The van der Waals surface area contributed by atoms with Crippen molar-refractivity contribution in [1.29, 1.82) is 0 Å². The molecule has 7 nitrogen and oxygen atoms in total. The molecule has 162 valence electrons. The standard InChI is InChI=1S/C23H30N2O5/c1-27-18-10-9-15(20(13-18)28-2)14-24-19-11-17(25-16-7-5-6-8-16)12-21(29-3)22(19)23(26)30-4/h9-13,16,24-25H,5-8,14H2,1-4H3. The third kappa shape index (κ3) is 4.90. The van der Waals surface area contributed by atoms with Crippen LogP contribution in [0.3, 0.4) is 0 Å². The average molecular weight is 415 g/mol. The molecule has 1 fully saturated rings. The summed E-state index contributed by atoms with van der Waals surface area (Å²) in [7, 11) is 6.15. The molecule has 2 N–H and O–H groups in total. The number of ether oxygens (including phenoxy) is 4. The predicted molar refractivity (Wildman–Crippen MR) is 117 cm³/mol. The first kappa shape index (κ1) is 21.6. The molecular formula is C23H30N2O5. The lowest BCUT2D eigenvalue weighted by Crippen LogP contribution is -2.16. The van der Waals surface area contributed by atoms with Crippen molar-refractivity contribution in [2.75, 3.05) is 39.1 Å². The summed E-state index contributed by atoms with van der Waals surface area (Å²) in [6, 6.07) is 9.86. The fourth-order valence-corrected chi connectivity index (χ4v) is 3.81. The average Bonchev–Trinajstić information content (AvgIpc) is 3.29. The number of hydrogen-bond donors (Lipinski definition) is 2. The third-order valence-corrected chi connectivity index (χ3v) is 5.40. The lowest BCUT2D eigenvalue weighted by molar-refractivity contribution is 0.0598. The van der Waals surface area contributed by atoms with Crippen LogP contribution in [-0.2, 0) is 11.3 Å². The number of rotatable bonds is 9. The van der Waals surface area contributed by atoms with E-state index >= 15 is 0 Å². The van der Waals surface area contributed by atoms with E-state index < -0.39 is 5.97 Å². The molecule has 0 spiro atoms. The summed E-state index contributed by atoms with van der Waals surface area (Å²) in [6.45, 7) is 0.452. The van der Waals surface area contributed by atoms with E-state index in [9.17, 15) is 4.79 Å². The van der Waals surface area contributed by atoms with Gasteiger partial charge in [-0.2, -0.15) is 0 Å². The van der Waals surface area contributed by atoms with E-state index in [1.165, 1.54) is 20.0 Å². The maximum atomic E-state index is 12.5. The Hall–Kier alpha value is -3.09. The molecule has 0 atom stereocenters. The van der Waals surface area contributed by atoms with Gasteiger partial charge in [-0.15, -0.1) is 0 Å². The molecule has 0 amide bonds. The molecule has 1 aliphatic rings. The second-order valence-corrected chi connectivity index (χ2v) is 7.25. The molecule has 2 aromatic rings. The highest BCUT2D eigenvalue weighted by atomic mass is 16.5. The molecule has 30 heavy (non-hydrogen) atoms. The molecule has 1 saturated carbocycles. The normalized spacial score (nSPS) is 13.6. The van der Waals surface area contributed by atoms with Crippen molar-refractivity contribution >= 4 is 17.3 Å². The van der Waals surface area contributed by atoms with Gasteiger partial charge in [0.2, 0.25) is 0 Å². The van der Waals surface area contributed by atoms with Gasteiger partial charge in [-0.05, 0) is 31.0 Å². The van der Waals surface area contributed by atoms with Crippen LogP contribution in [0.25, 0.3) is 0 Å². The molecule has 1 aliphatic carbocycles. The highest BCUT2D eigenvalue weighted by Gasteiger charge is 2.22. The van der Waals surface area contributed by atoms with Gasteiger partial charge in [-0.3, -0.25) is 0 Å². The number of nitrogens with one attached hydrogen (secondary N) is 2. The van der Waals surface area contributed by atoms with E-state index in [0.717, 1.165) is 29.8 Å². The molecule has 0 heterocycles. The first-order valence-corrected chi connectivity index (χ1v) is 10.1. The van der Waals surface area contributed by atoms with Gasteiger partial charge in [0, 0.05) is 36.0 Å². The SMILES string of the molecule is COC(=O)c1c(NCc2ccc(OC)cc2OC)cc(NC2CCCC2)cc1OC. The van der Waals surface area contributed by atoms with E-state index in [1.54, 1.807) is 21.3 Å². The maximum Gasteiger partial charge on any atom is 0.343 e. The highest BCUT2D eigenvalue weighted by molar-refractivity contribution is 5.99. The van der Waals surface area contributed by atoms with Gasteiger partial charge in [-0.25, -0.2) is 4.79 Å². The van der Waals surface area contributed by atoms with Crippen LogP contribution >= 0.6 is 0 Å². The van der Waals surface area contributed by atoms with E-state index in [0.29, 0.717) is 35.3 Å². The summed E-state index contributed by atoms with van der Waals surface area (Å²) in [4.78, 5) is 12.5. The monoisotopic (exact) mass is 414 g/mol. The Labute approximate surface area is 177 Å². The molecule has 7 heteroatoms. The van der Waals surface area contributed by atoms with E-state index in [2.05, 4.69) is 10.6 Å². The van der Waals surface area contributed by atoms with Gasteiger partial charge in [0.05, 0.1) is 34.1 Å². The van der Waals surface area contributed by atoms with Gasteiger partial charge in [0.1, 0.15) is 22.8 Å². The molecule has 0 unspecified atom stereocenters. The molecule has 0 saturated heterocycles. The van der Waals surface area contributed by atoms with Crippen LogP contribution in [0.4, 0.5) is 11.4 Å². The Balaban J connectivity index is 1.91. The third-order valence-electron chi connectivity index (χ3n) is 5.40. The van der Waals surface area contributed by atoms with E-state index in [4.69, 9.17) is 18.9 Å².